The highest BCUT2D eigenvalue weighted by Crippen LogP contribution is 2.38. The number of rotatable bonds is 15. The minimum absolute atomic E-state index is 0.0217. The molecule has 20 nitrogen and oxygen atoms in total. The molecule has 6 rings (SSSR count). The van der Waals surface area contributed by atoms with Crippen LogP contribution in [0.25, 0.3) is 0 Å². The van der Waals surface area contributed by atoms with Gasteiger partial charge < -0.3 is 59.8 Å². The molecule has 59 heavy (non-hydrogen) atoms. The number of anilines is 3. The first-order valence-corrected chi connectivity index (χ1v) is 18.4. The smallest absolute Gasteiger partial charge is 0.308 e. The van der Waals surface area contributed by atoms with Gasteiger partial charge in [0.25, 0.3) is 23.6 Å². The third-order valence-electron chi connectivity index (χ3n) is 9.38. The average Bonchev–Trinajstić information content (AvgIpc) is 3.98. The number of amides is 5. The van der Waals surface area contributed by atoms with Gasteiger partial charge in [-0.15, -0.1) is 0 Å². The maximum absolute atomic E-state index is 12.8. The van der Waals surface area contributed by atoms with Gasteiger partial charge in [-0.1, -0.05) is 0 Å². The van der Waals surface area contributed by atoms with Crippen LogP contribution in [0.1, 0.15) is 67.5 Å². The Labute approximate surface area is 339 Å². The number of ether oxygens (including phenoxy) is 3. The number of nitrogens with two attached hydrogens (primary N) is 1. The van der Waals surface area contributed by atoms with Crippen molar-refractivity contribution in [2.45, 2.75) is 31.7 Å². The first-order chi connectivity index (χ1) is 28.2. The number of methoxy groups -OCH3 is 2. The Kier molecular flexibility index (Phi) is 13.9. The Balaban J connectivity index is 0.000000240. The third-order valence-corrected chi connectivity index (χ3v) is 9.38. The summed E-state index contributed by atoms with van der Waals surface area (Å²) in [6.45, 7) is 1.14. The molecule has 5 heterocycles. The number of carbonyl (C=O) groups is 6. The highest BCUT2D eigenvalue weighted by atomic mass is 16.5. The van der Waals surface area contributed by atoms with E-state index < -0.39 is 11.8 Å². The van der Waals surface area contributed by atoms with E-state index in [1.54, 1.807) is 65.6 Å². The fourth-order valence-electron chi connectivity index (χ4n) is 6.41. The summed E-state index contributed by atoms with van der Waals surface area (Å²) < 4.78 is 20.2. The normalized spacial score (nSPS) is 13.8. The van der Waals surface area contributed by atoms with E-state index in [1.807, 2.05) is 11.1 Å². The van der Waals surface area contributed by atoms with Crippen LogP contribution in [0.2, 0.25) is 0 Å². The van der Waals surface area contributed by atoms with Crippen molar-refractivity contribution in [3.05, 3.63) is 71.6 Å². The molecular formula is C39H47N11O9. The molecule has 0 radical (unpaired) electrons. The number of aliphatic imine (C=N–C) groups is 1. The second kappa shape index (κ2) is 19.2. The number of hydrogen-bond acceptors (Lipinski definition) is 11. The lowest BCUT2D eigenvalue weighted by molar-refractivity contribution is -0.141. The summed E-state index contributed by atoms with van der Waals surface area (Å²) in [5, 5.41) is 17.8. The lowest BCUT2D eigenvalue weighted by atomic mass is 10.1. The van der Waals surface area contributed by atoms with E-state index >= 15 is 0 Å². The lowest BCUT2D eigenvalue weighted by Crippen LogP contribution is -2.35. The molecule has 0 unspecified atom stereocenters. The maximum Gasteiger partial charge on any atom is 0.308 e. The number of benzene rings is 1. The molecule has 2 aliphatic heterocycles. The third kappa shape index (κ3) is 10.5. The molecule has 0 bridgehead atoms. The molecule has 4 aromatic rings. The van der Waals surface area contributed by atoms with Crippen molar-refractivity contribution < 1.29 is 43.0 Å². The number of aromatic nitrogens is 3. The quantitative estimate of drug-likeness (QED) is 0.0443. The molecule has 20 heteroatoms. The van der Waals surface area contributed by atoms with E-state index in [4.69, 9.17) is 20.6 Å². The van der Waals surface area contributed by atoms with Crippen molar-refractivity contribution in [1.29, 1.82) is 5.41 Å². The number of hydrogen-bond donors (Lipinski definition) is 6. The Morgan fingerprint density at radius 3 is 2.03 bits per heavy atom. The van der Waals surface area contributed by atoms with Crippen molar-refractivity contribution in [1.82, 2.24) is 23.9 Å². The maximum atomic E-state index is 12.8. The number of carbonyl (C=O) groups excluding carboxylic acids is 6. The van der Waals surface area contributed by atoms with Crippen molar-refractivity contribution >= 4 is 70.8 Å². The molecule has 1 saturated heterocycles. The van der Waals surface area contributed by atoms with Gasteiger partial charge in [-0.25, -0.2) is 0 Å². The summed E-state index contributed by atoms with van der Waals surface area (Å²) >= 11 is 0. The SMILES string of the molecule is COC(=O)CCOc1cc2c(cc1OC)C(=O)N1CCC[C@H]1C=N2.Cn1cc(NC(=O)c2cc(NC(=O)c3cc(NC=O)cn3C)cn2C)cc1C(=O)NCCC(=N)N. The van der Waals surface area contributed by atoms with Crippen LogP contribution in [0.5, 0.6) is 11.5 Å². The molecule has 1 aromatic carbocycles. The van der Waals surface area contributed by atoms with Crippen LogP contribution >= 0.6 is 0 Å². The van der Waals surface area contributed by atoms with Crippen LogP contribution in [-0.4, -0.2) is 107 Å². The van der Waals surface area contributed by atoms with Gasteiger partial charge in [-0.05, 0) is 37.1 Å². The van der Waals surface area contributed by atoms with Gasteiger partial charge in [-0.2, -0.15) is 0 Å². The molecule has 7 N–H and O–H groups in total. The molecule has 0 spiro atoms. The van der Waals surface area contributed by atoms with Gasteiger partial charge in [0.05, 0.1) is 67.4 Å². The summed E-state index contributed by atoms with van der Waals surface area (Å²) in [4.78, 5) is 78.6. The van der Waals surface area contributed by atoms with E-state index in [-0.39, 0.29) is 61.3 Å². The molecule has 0 aliphatic carbocycles. The van der Waals surface area contributed by atoms with Gasteiger partial charge in [0.15, 0.2) is 11.5 Å². The fraction of sp³-hybridized carbons (Fsp3) is 0.333. The molecule has 312 valence electrons. The van der Waals surface area contributed by atoms with E-state index in [1.165, 1.54) is 32.4 Å². The van der Waals surface area contributed by atoms with Crippen molar-refractivity contribution in [3.8, 4) is 11.5 Å². The average molecular weight is 814 g/mol. The van der Waals surface area contributed by atoms with Crippen molar-refractivity contribution in [3.63, 3.8) is 0 Å². The van der Waals surface area contributed by atoms with E-state index in [2.05, 4.69) is 31.0 Å². The number of amidine groups is 1. The van der Waals surface area contributed by atoms with Gasteiger partial charge in [0.2, 0.25) is 6.41 Å². The molecule has 1 fully saturated rings. The van der Waals surface area contributed by atoms with Gasteiger partial charge >= 0.3 is 5.97 Å². The summed E-state index contributed by atoms with van der Waals surface area (Å²) in [6.07, 6.45) is 9.44. The summed E-state index contributed by atoms with van der Waals surface area (Å²) in [7, 11) is 7.85. The summed E-state index contributed by atoms with van der Waals surface area (Å²) in [6, 6.07) is 7.99. The zero-order valence-corrected chi connectivity index (χ0v) is 33.3. The first kappa shape index (κ1) is 42.8. The molecule has 5 amide bonds. The summed E-state index contributed by atoms with van der Waals surface area (Å²) in [5.41, 5.74) is 8.60. The van der Waals surface area contributed by atoms with Crippen molar-refractivity contribution in [2.24, 2.45) is 31.9 Å². The van der Waals surface area contributed by atoms with Gasteiger partial charge in [0, 0.05) is 71.5 Å². The van der Waals surface area contributed by atoms with Crippen molar-refractivity contribution in [2.75, 3.05) is 49.9 Å². The zero-order chi connectivity index (χ0) is 42.8. The van der Waals surface area contributed by atoms with E-state index in [0.717, 1.165) is 19.4 Å². The lowest BCUT2D eigenvalue weighted by Gasteiger charge is -2.20. The van der Waals surface area contributed by atoms with Gasteiger partial charge in [0.1, 0.15) is 17.1 Å². The zero-order valence-electron chi connectivity index (χ0n) is 33.3. The highest BCUT2D eigenvalue weighted by molar-refractivity contribution is 6.08. The number of nitrogens with one attached hydrogen (secondary N) is 5. The second-order valence-electron chi connectivity index (χ2n) is 13.6. The molecule has 1 atom stereocenters. The Bertz CT molecular complexity index is 2290. The predicted molar refractivity (Wildman–Crippen MR) is 218 cm³/mol. The fourth-order valence-corrected chi connectivity index (χ4v) is 6.41. The van der Waals surface area contributed by atoms with Crippen LogP contribution in [-0.2, 0) is 35.5 Å². The van der Waals surface area contributed by atoms with E-state index in [0.29, 0.717) is 57.6 Å². The van der Waals surface area contributed by atoms with Crippen LogP contribution in [0.15, 0.2) is 53.9 Å². The van der Waals surface area contributed by atoms with E-state index in [9.17, 15) is 28.8 Å². The molecule has 3 aromatic heterocycles. The van der Waals surface area contributed by atoms with Crippen LogP contribution in [0, 0.1) is 5.41 Å². The molecule has 0 saturated carbocycles. The Hall–Kier alpha value is -7.38. The number of esters is 1. The topological polar surface area (TPSA) is 258 Å². The summed E-state index contributed by atoms with van der Waals surface area (Å²) in [5.74, 6) is -0.711. The minimum atomic E-state index is -0.432. The number of fused-ring (bicyclic) bond motifs is 2. The van der Waals surface area contributed by atoms with Crippen LogP contribution < -0.4 is 36.5 Å². The Morgan fingerprint density at radius 2 is 1.46 bits per heavy atom. The highest BCUT2D eigenvalue weighted by Gasteiger charge is 2.32. The number of nitrogens with zero attached hydrogens (tertiary/aromatic N) is 5. The second-order valence-corrected chi connectivity index (χ2v) is 13.6. The van der Waals surface area contributed by atoms with Crippen LogP contribution in [0.4, 0.5) is 22.7 Å². The van der Waals surface area contributed by atoms with Gasteiger partial charge in [-0.3, -0.25) is 39.2 Å². The largest absolute Gasteiger partial charge is 0.493 e. The molecule has 2 aliphatic rings. The van der Waals surface area contributed by atoms with Crippen LogP contribution in [0.3, 0.4) is 0 Å². The molecular weight excluding hydrogens is 766 g/mol. The predicted octanol–water partition coefficient (Wildman–Crippen LogP) is 2.79. The number of aryl methyl sites for hydroxylation is 3. The Morgan fingerprint density at radius 1 is 0.864 bits per heavy atom. The monoisotopic (exact) mass is 813 g/mol. The minimum Gasteiger partial charge on any atom is -0.493 e. The first-order valence-electron chi connectivity index (χ1n) is 18.4. The standard InChI is InChI=1S/C22H27N9O4.C17H20N2O5/c1-29-9-13(26-12-32)6-17(29)21(34)28-15-8-18(31(3)11-15)22(35)27-14-7-16(30(2)10-14)20(33)25-5-4-19(23)24;1-22-14-8-12-13(9-15(14)24-7-5-16(20)23-2)18-10-11-4-3-6-19(11)17(12)21/h6-12H,4-5H2,1-3H3,(H3,23,24)(H,25,33)(H,26,32)(H,27,35)(H,28,34);8-11H,3-7H2,1-2H3/t;11-/m.0/s1.